The molecule has 1 atom stereocenters. The van der Waals surface area contributed by atoms with Gasteiger partial charge in [-0.1, -0.05) is 106 Å². The van der Waals surface area contributed by atoms with E-state index in [1.807, 2.05) is 24.3 Å². The molecule has 2 radical (unpaired) electrons. The molecule has 3 aromatic rings. The predicted molar refractivity (Wildman–Crippen MR) is 187 cm³/mol. The Morgan fingerprint density at radius 2 is 1.07 bits per heavy atom. The van der Waals surface area contributed by atoms with Crippen LogP contribution in [0.3, 0.4) is 0 Å². The van der Waals surface area contributed by atoms with Crippen molar-refractivity contribution in [2.45, 2.75) is 88.5 Å². The van der Waals surface area contributed by atoms with Crippen molar-refractivity contribution in [1.29, 1.82) is 0 Å². The first-order valence-electron chi connectivity index (χ1n) is 15.6. The van der Waals surface area contributed by atoms with Crippen LogP contribution in [-0.4, -0.2) is 0 Å². The quantitative estimate of drug-likeness (QED) is 0.184. The average molecular weight is 747 g/mol. The summed E-state index contributed by atoms with van der Waals surface area (Å²) in [7, 11) is 0. The SMILES string of the molecule is CC(C)(C)C(=[C-]C1=CC=CC1C(C)(C)C)c1[c-]cccc1.CC(C)(C)C(=[C-]c1ccccc1C(C)(C)C)c1[c-]cccc1.[Y].[Y]. The number of benzene rings is 3. The minimum atomic E-state index is 0. The van der Waals surface area contributed by atoms with Gasteiger partial charge in [0.25, 0.3) is 0 Å². The fourth-order valence-electron chi connectivity index (χ4n) is 5.29. The van der Waals surface area contributed by atoms with Crippen molar-refractivity contribution in [3.63, 3.8) is 0 Å². The molecule has 0 spiro atoms. The molecule has 4 rings (SSSR count). The molecule has 0 saturated heterocycles. The molecule has 3 aromatic carbocycles. The third-order valence-corrected chi connectivity index (χ3v) is 7.57. The van der Waals surface area contributed by atoms with Crippen molar-refractivity contribution in [2.75, 3.05) is 0 Å². The minimum absolute atomic E-state index is 0. The minimum Gasteiger partial charge on any atom is -0.247 e. The van der Waals surface area contributed by atoms with Crippen LogP contribution in [-0.2, 0) is 70.8 Å². The number of rotatable bonds is 4. The summed E-state index contributed by atoms with van der Waals surface area (Å²) in [6, 6.07) is 31.6. The molecule has 2 heteroatoms. The van der Waals surface area contributed by atoms with E-state index < -0.39 is 0 Å². The normalized spacial score (nSPS) is 15.7. The second-order valence-electron chi connectivity index (χ2n) is 15.7. The smallest absolute Gasteiger partial charge is 0 e. The van der Waals surface area contributed by atoms with Crippen LogP contribution < -0.4 is 0 Å². The average Bonchev–Trinajstić information content (AvgIpc) is 3.40. The molecule has 1 aliphatic carbocycles. The summed E-state index contributed by atoms with van der Waals surface area (Å²) in [6.07, 6.45) is 14.1. The van der Waals surface area contributed by atoms with E-state index in [2.05, 4.69) is 174 Å². The van der Waals surface area contributed by atoms with E-state index >= 15 is 0 Å². The van der Waals surface area contributed by atoms with E-state index in [4.69, 9.17) is 0 Å². The summed E-state index contributed by atoms with van der Waals surface area (Å²) < 4.78 is 0. The molecular weight excluding hydrogens is 694 g/mol. The van der Waals surface area contributed by atoms with Crippen LogP contribution in [0.15, 0.2) is 96.6 Å². The second-order valence-corrected chi connectivity index (χ2v) is 15.7. The number of hydrogen-bond donors (Lipinski definition) is 0. The molecule has 0 saturated carbocycles. The van der Waals surface area contributed by atoms with Gasteiger partial charge in [0, 0.05) is 65.4 Å². The largest absolute Gasteiger partial charge is 0.247 e. The van der Waals surface area contributed by atoms with Gasteiger partial charge in [-0.15, -0.1) is 42.0 Å². The van der Waals surface area contributed by atoms with Gasteiger partial charge >= 0.3 is 0 Å². The third kappa shape index (κ3) is 12.4. The maximum atomic E-state index is 3.71. The summed E-state index contributed by atoms with van der Waals surface area (Å²) in [5, 5.41) is 0. The van der Waals surface area contributed by atoms with Gasteiger partial charge in [0.1, 0.15) is 0 Å². The molecule has 1 unspecified atom stereocenters. The summed E-state index contributed by atoms with van der Waals surface area (Å²) >= 11 is 0. The zero-order valence-electron chi connectivity index (χ0n) is 29.9. The summed E-state index contributed by atoms with van der Waals surface area (Å²) in [6.45, 7) is 27.0. The fraction of sp³-hybridized carbons (Fsp3) is 0.395. The molecule has 0 amide bonds. The first-order valence-corrected chi connectivity index (χ1v) is 15.6. The van der Waals surface area contributed by atoms with Crippen LogP contribution in [0.4, 0.5) is 0 Å². The van der Waals surface area contributed by atoms with Gasteiger partial charge in [0.15, 0.2) is 0 Å². The molecule has 0 bridgehead atoms. The van der Waals surface area contributed by atoms with Crippen LogP contribution in [0.2, 0.25) is 0 Å². The Morgan fingerprint density at radius 1 is 0.600 bits per heavy atom. The van der Waals surface area contributed by atoms with Gasteiger partial charge in [-0.25, -0.2) is 34.4 Å². The molecule has 0 aliphatic heterocycles. The van der Waals surface area contributed by atoms with E-state index in [1.54, 1.807) is 0 Å². The van der Waals surface area contributed by atoms with E-state index in [9.17, 15) is 0 Å². The standard InChI is InChI=1S/C22H26.C21H26.2Y/c1-21(2,3)19-15-11-10-14-18(19)16-20(22(4,5)6)17-12-8-7-9-13-17;1-20(2,3)18-14-10-13-17(18)15-19(21(4,5)6)16-11-8-7-9-12-16;;/h7-12,14-15H,1-6H3;7-11,13-14,18H,1-6H3;;/q2*-2;;. The summed E-state index contributed by atoms with van der Waals surface area (Å²) in [4.78, 5) is 0. The Morgan fingerprint density at radius 3 is 1.49 bits per heavy atom. The van der Waals surface area contributed by atoms with Crippen molar-refractivity contribution >= 4 is 11.1 Å². The first kappa shape index (κ1) is 41.9. The Bertz CT molecular complexity index is 1460. The van der Waals surface area contributed by atoms with Gasteiger partial charge in [-0.2, -0.15) is 65.8 Å². The Kier molecular flexibility index (Phi) is 16.1. The Hall–Kier alpha value is -1.17. The molecule has 0 N–H and O–H groups in total. The van der Waals surface area contributed by atoms with E-state index in [1.165, 1.54) is 27.8 Å². The van der Waals surface area contributed by atoms with E-state index in [0.29, 0.717) is 5.92 Å². The van der Waals surface area contributed by atoms with Crippen LogP contribution in [0, 0.1) is 46.4 Å². The van der Waals surface area contributed by atoms with Gasteiger partial charge in [-0.05, 0) is 16.7 Å². The van der Waals surface area contributed by atoms with Gasteiger partial charge in [0.2, 0.25) is 0 Å². The summed E-state index contributed by atoms with van der Waals surface area (Å²) in [5.74, 6) is 0.429. The van der Waals surface area contributed by atoms with Crippen LogP contribution in [0.25, 0.3) is 11.1 Å². The summed E-state index contributed by atoms with van der Waals surface area (Å²) in [5.41, 5.74) is 8.87. The van der Waals surface area contributed by atoms with Crippen LogP contribution in [0.1, 0.15) is 105 Å². The van der Waals surface area contributed by atoms with E-state index in [-0.39, 0.29) is 87.1 Å². The fourth-order valence-corrected chi connectivity index (χ4v) is 5.29. The number of allylic oxidation sites excluding steroid dienone is 7. The predicted octanol–water partition coefficient (Wildman–Crippen LogP) is 11.9. The van der Waals surface area contributed by atoms with Crippen molar-refractivity contribution in [3.8, 4) is 0 Å². The zero-order chi connectivity index (χ0) is 32.1. The molecule has 0 fully saturated rings. The van der Waals surface area contributed by atoms with Gasteiger partial charge in [0.05, 0.1) is 0 Å². The molecule has 0 nitrogen and oxygen atoms in total. The van der Waals surface area contributed by atoms with Crippen molar-refractivity contribution in [3.05, 3.63) is 143 Å². The molecule has 234 valence electrons. The first-order chi connectivity index (χ1) is 19.9. The third-order valence-electron chi connectivity index (χ3n) is 7.57. The van der Waals surface area contributed by atoms with Crippen LogP contribution >= 0.6 is 0 Å². The molecular formula is C43H52Y2-4. The van der Waals surface area contributed by atoms with E-state index in [0.717, 1.165) is 11.1 Å². The van der Waals surface area contributed by atoms with Crippen molar-refractivity contribution in [2.24, 2.45) is 22.2 Å². The second kappa shape index (κ2) is 17.3. The Labute approximate surface area is 327 Å². The zero-order valence-corrected chi connectivity index (χ0v) is 35.6. The van der Waals surface area contributed by atoms with Gasteiger partial charge in [-0.3, -0.25) is 0 Å². The molecule has 0 aromatic heterocycles. The molecule has 1 aliphatic rings. The van der Waals surface area contributed by atoms with Crippen molar-refractivity contribution < 1.29 is 65.4 Å². The van der Waals surface area contributed by atoms with Gasteiger partial charge < -0.3 is 0 Å². The van der Waals surface area contributed by atoms with Crippen molar-refractivity contribution in [1.82, 2.24) is 0 Å². The molecule has 45 heavy (non-hydrogen) atoms. The maximum Gasteiger partial charge on any atom is 0 e. The van der Waals surface area contributed by atoms with Crippen LogP contribution in [0.5, 0.6) is 0 Å². The number of hydrogen-bond acceptors (Lipinski definition) is 0. The maximum absolute atomic E-state index is 3.71. The Balaban J connectivity index is 0.000000431. The monoisotopic (exact) mass is 746 g/mol. The topological polar surface area (TPSA) is 0 Å². The molecule has 0 heterocycles.